The summed E-state index contributed by atoms with van der Waals surface area (Å²) >= 11 is 5.91. The van der Waals surface area contributed by atoms with Crippen LogP contribution in [-0.4, -0.2) is 57.9 Å². The Labute approximate surface area is 136 Å². The van der Waals surface area contributed by atoms with E-state index in [-0.39, 0.29) is 24.0 Å². The summed E-state index contributed by atoms with van der Waals surface area (Å²) in [4.78, 5) is 12.3. The molecule has 0 bridgehead atoms. The molecule has 2 atom stereocenters. The van der Waals surface area contributed by atoms with Crippen molar-refractivity contribution in [3.63, 3.8) is 0 Å². The van der Waals surface area contributed by atoms with Crippen molar-refractivity contribution < 1.29 is 18.4 Å². The van der Waals surface area contributed by atoms with E-state index in [1.54, 1.807) is 0 Å². The fraction of sp³-hybridized carbons (Fsp3) is 0.769. The smallest absolute Gasteiger partial charge is 0.325 e. The van der Waals surface area contributed by atoms with Gasteiger partial charge in [0.15, 0.2) is 0 Å². The van der Waals surface area contributed by atoms with Crippen molar-refractivity contribution in [1.29, 1.82) is 0 Å². The predicted molar refractivity (Wildman–Crippen MR) is 77.9 cm³/mol. The Morgan fingerprint density at radius 2 is 2.13 bits per heavy atom. The van der Waals surface area contributed by atoms with Gasteiger partial charge >= 0.3 is 5.69 Å². The van der Waals surface area contributed by atoms with Crippen LogP contribution in [0.15, 0.2) is 6.20 Å². The average molecular weight is 351 g/mol. The Hall–Kier alpha value is -1.32. The van der Waals surface area contributed by atoms with Crippen LogP contribution in [0.25, 0.3) is 0 Å². The van der Waals surface area contributed by atoms with Crippen molar-refractivity contribution in [3.8, 4) is 0 Å². The largest absolute Gasteiger partial charge is 0.379 e. The van der Waals surface area contributed by atoms with Crippen molar-refractivity contribution >= 4 is 17.3 Å². The zero-order valence-electron chi connectivity index (χ0n) is 12.3. The molecule has 1 aromatic heterocycles. The number of aromatic nitrogens is 2. The molecule has 1 aliphatic carbocycles. The summed E-state index contributed by atoms with van der Waals surface area (Å²) in [6.07, 6.45) is 1.18. The van der Waals surface area contributed by atoms with E-state index >= 15 is 0 Å². The third-order valence-electron chi connectivity index (χ3n) is 4.56. The van der Waals surface area contributed by atoms with Gasteiger partial charge in [0.2, 0.25) is 5.15 Å². The molecule has 2 fully saturated rings. The summed E-state index contributed by atoms with van der Waals surface area (Å²) < 4.78 is 34.9. The van der Waals surface area contributed by atoms with Crippen LogP contribution in [0.2, 0.25) is 5.15 Å². The first-order valence-electron chi connectivity index (χ1n) is 7.47. The molecule has 10 heteroatoms. The van der Waals surface area contributed by atoms with Crippen LogP contribution in [0.4, 0.5) is 14.5 Å². The van der Waals surface area contributed by atoms with Crippen LogP contribution in [0.1, 0.15) is 25.3 Å². The molecule has 1 saturated carbocycles. The molecule has 3 rings (SSSR count). The molecule has 0 aromatic carbocycles. The number of hydrogen-bond acceptors (Lipinski definition) is 5. The maximum Gasteiger partial charge on any atom is 0.325 e. The van der Waals surface area contributed by atoms with Crippen molar-refractivity contribution in [3.05, 3.63) is 21.5 Å². The minimum Gasteiger partial charge on any atom is -0.379 e. The van der Waals surface area contributed by atoms with Gasteiger partial charge in [0.25, 0.3) is 5.92 Å². The van der Waals surface area contributed by atoms with E-state index in [4.69, 9.17) is 16.3 Å². The van der Waals surface area contributed by atoms with Gasteiger partial charge in [-0.05, 0) is 12.8 Å². The monoisotopic (exact) mass is 350 g/mol. The van der Waals surface area contributed by atoms with Gasteiger partial charge in [0.1, 0.15) is 12.2 Å². The van der Waals surface area contributed by atoms with E-state index in [0.29, 0.717) is 32.7 Å². The summed E-state index contributed by atoms with van der Waals surface area (Å²) in [5, 5.41) is 14.3. The molecule has 1 saturated heterocycles. The molecule has 0 amide bonds. The molecular weight excluding hydrogens is 334 g/mol. The predicted octanol–water partition coefficient (Wildman–Crippen LogP) is 2.51. The van der Waals surface area contributed by atoms with E-state index in [1.165, 1.54) is 0 Å². The quantitative estimate of drug-likeness (QED) is 0.618. The van der Waals surface area contributed by atoms with Gasteiger partial charge in [-0.15, -0.1) is 0 Å². The second-order valence-corrected chi connectivity index (χ2v) is 6.23. The summed E-state index contributed by atoms with van der Waals surface area (Å²) in [7, 11) is 0. The number of alkyl halides is 2. The molecule has 2 aliphatic rings. The molecule has 0 N–H and O–H groups in total. The van der Waals surface area contributed by atoms with E-state index in [2.05, 4.69) is 10.00 Å². The summed E-state index contributed by atoms with van der Waals surface area (Å²) in [6, 6.07) is -1.30. The van der Waals surface area contributed by atoms with E-state index in [0.717, 1.165) is 10.9 Å². The van der Waals surface area contributed by atoms with Gasteiger partial charge in [-0.1, -0.05) is 11.6 Å². The van der Waals surface area contributed by atoms with Gasteiger partial charge in [0.05, 0.1) is 18.1 Å². The molecule has 1 aliphatic heterocycles. The van der Waals surface area contributed by atoms with Crippen LogP contribution >= 0.6 is 11.6 Å². The molecule has 128 valence electrons. The highest BCUT2D eigenvalue weighted by atomic mass is 35.5. The standard InChI is InChI=1S/C13H17ClF2N4O3/c14-12-10(20(21)22)8-17-19(12)11-7-9(1-2-13(11,15)16)18-3-5-23-6-4-18/h8-9,11H,1-7H2/t9-,11-/m0/s1. The summed E-state index contributed by atoms with van der Waals surface area (Å²) in [6.45, 7) is 2.59. The van der Waals surface area contributed by atoms with Gasteiger partial charge < -0.3 is 4.74 Å². The highest BCUT2D eigenvalue weighted by Crippen LogP contribution is 2.45. The SMILES string of the molecule is O=[N+]([O-])c1cnn([C@H]2C[C@@H](N3CCOCC3)CCC2(F)F)c1Cl. The zero-order chi connectivity index (χ0) is 16.6. The Balaban J connectivity index is 1.84. The summed E-state index contributed by atoms with van der Waals surface area (Å²) in [5.41, 5.74) is -0.448. The first-order valence-corrected chi connectivity index (χ1v) is 7.85. The second-order valence-electron chi connectivity index (χ2n) is 5.88. The molecule has 7 nitrogen and oxygen atoms in total. The lowest BCUT2D eigenvalue weighted by Gasteiger charge is -2.42. The minimum atomic E-state index is -2.99. The topological polar surface area (TPSA) is 73.4 Å². The third kappa shape index (κ3) is 3.17. The third-order valence-corrected chi connectivity index (χ3v) is 4.93. The van der Waals surface area contributed by atoms with E-state index in [9.17, 15) is 18.9 Å². The lowest BCUT2D eigenvalue weighted by atomic mass is 9.86. The van der Waals surface area contributed by atoms with Gasteiger partial charge in [0, 0.05) is 25.6 Å². The van der Waals surface area contributed by atoms with E-state index < -0.39 is 22.6 Å². The average Bonchev–Trinajstić information content (AvgIpc) is 2.89. The number of hydrogen-bond donors (Lipinski definition) is 0. The van der Waals surface area contributed by atoms with Crippen LogP contribution in [0.3, 0.4) is 0 Å². The minimum absolute atomic E-state index is 0.0251. The van der Waals surface area contributed by atoms with Gasteiger partial charge in [-0.25, -0.2) is 13.5 Å². The van der Waals surface area contributed by atoms with Crippen molar-refractivity contribution in [2.75, 3.05) is 26.3 Å². The number of nitrogens with zero attached hydrogens (tertiary/aromatic N) is 4. The number of morpholine rings is 1. The Morgan fingerprint density at radius 3 is 2.74 bits per heavy atom. The number of nitro groups is 1. The van der Waals surface area contributed by atoms with Gasteiger partial charge in [-0.3, -0.25) is 15.0 Å². The second kappa shape index (κ2) is 6.29. The Morgan fingerprint density at radius 1 is 1.43 bits per heavy atom. The van der Waals surface area contributed by atoms with Crippen molar-refractivity contribution in [2.24, 2.45) is 0 Å². The summed E-state index contributed by atoms with van der Waals surface area (Å²) in [5.74, 6) is -2.99. The first-order chi connectivity index (χ1) is 10.9. The van der Waals surface area contributed by atoms with Crippen molar-refractivity contribution in [2.45, 2.75) is 37.3 Å². The van der Waals surface area contributed by atoms with Crippen LogP contribution in [0, 0.1) is 10.1 Å². The number of halogens is 3. The fourth-order valence-corrected chi connectivity index (χ4v) is 3.58. The van der Waals surface area contributed by atoms with E-state index in [1.807, 2.05) is 0 Å². The molecule has 0 spiro atoms. The Bertz CT molecular complexity index is 592. The highest BCUT2D eigenvalue weighted by Gasteiger charge is 2.48. The van der Waals surface area contributed by atoms with Crippen LogP contribution in [0.5, 0.6) is 0 Å². The normalized spacial score (nSPS) is 28.7. The Kier molecular flexibility index (Phi) is 4.52. The molecule has 2 heterocycles. The number of rotatable bonds is 3. The molecule has 23 heavy (non-hydrogen) atoms. The first kappa shape index (κ1) is 16.5. The molecule has 0 unspecified atom stereocenters. The van der Waals surface area contributed by atoms with Crippen molar-refractivity contribution in [1.82, 2.24) is 14.7 Å². The molecular formula is C13H17ClF2N4O3. The van der Waals surface area contributed by atoms with Crippen LogP contribution in [-0.2, 0) is 4.74 Å². The van der Waals surface area contributed by atoms with Crippen LogP contribution < -0.4 is 0 Å². The lowest BCUT2D eigenvalue weighted by Crippen LogP contribution is -2.49. The molecule has 0 radical (unpaired) electrons. The lowest BCUT2D eigenvalue weighted by molar-refractivity contribution is -0.384. The molecule has 1 aromatic rings. The van der Waals surface area contributed by atoms with Gasteiger partial charge in [-0.2, -0.15) is 5.10 Å². The maximum absolute atomic E-state index is 14.4. The fourth-order valence-electron chi connectivity index (χ4n) is 3.30. The zero-order valence-corrected chi connectivity index (χ0v) is 13.1. The number of ether oxygens (including phenoxy) is 1. The maximum atomic E-state index is 14.4. The highest BCUT2D eigenvalue weighted by molar-refractivity contribution is 6.31.